The van der Waals surface area contributed by atoms with Crippen LogP contribution < -0.4 is 4.74 Å². The highest BCUT2D eigenvalue weighted by atomic mass is 16.7. The van der Waals surface area contributed by atoms with E-state index in [1.165, 1.54) is 19.2 Å². The number of aliphatic hydroxyl groups is 4. The molecule has 0 radical (unpaired) electrons. The number of hydrogen-bond acceptors (Lipinski definition) is 9. The molecule has 124 valence electrons. The zero-order valence-electron chi connectivity index (χ0n) is 11.9. The van der Waals surface area contributed by atoms with Gasteiger partial charge in [-0.1, -0.05) is 0 Å². The molecule has 1 saturated heterocycles. The van der Waals surface area contributed by atoms with Crippen molar-refractivity contribution in [2.45, 2.75) is 37.3 Å². The van der Waals surface area contributed by atoms with Gasteiger partial charge in [-0.15, -0.1) is 0 Å². The van der Waals surface area contributed by atoms with Crippen molar-refractivity contribution in [1.82, 2.24) is 4.98 Å². The predicted molar refractivity (Wildman–Crippen MR) is 71.0 cm³/mol. The molecule has 0 aromatic carbocycles. The van der Waals surface area contributed by atoms with Crippen LogP contribution in [0, 0.1) is 0 Å². The molecule has 5 N–H and O–H groups in total. The summed E-state index contributed by atoms with van der Waals surface area (Å²) in [7, 11) is 1.30. The molecule has 2 rings (SSSR count). The Morgan fingerprint density at radius 2 is 1.95 bits per heavy atom. The third-order valence-electron chi connectivity index (χ3n) is 3.38. The predicted octanol–water partition coefficient (Wildman–Crippen LogP) is -1.89. The molecular weight excluding hydrogens is 298 g/mol. The highest BCUT2D eigenvalue weighted by Gasteiger charge is 2.46. The molecule has 0 spiro atoms. The number of ether oxygens (including phenoxy) is 3. The molecule has 1 aliphatic heterocycles. The Balaban J connectivity index is 2.19. The van der Waals surface area contributed by atoms with Crippen molar-refractivity contribution in [3.8, 4) is 11.6 Å². The van der Waals surface area contributed by atoms with Crippen LogP contribution in [0.15, 0.2) is 12.1 Å². The van der Waals surface area contributed by atoms with Gasteiger partial charge in [0.2, 0.25) is 5.88 Å². The maximum atomic E-state index is 10.1. The minimum atomic E-state index is -1.39. The van der Waals surface area contributed by atoms with E-state index < -0.39 is 43.9 Å². The first-order chi connectivity index (χ1) is 10.5. The molecule has 9 nitrogen and oxygen atoms in total. The zero-order valence-corrected chi connectivity index (χ0v) is 11.9. The van der Waals surface area contributed by atoms with Gasteiger partial charge < -0.3 is 39.7 Å². The maximum Gasteiger partial charge on any atom is 0.214 e. The van der Waals surface area contributed by atoms with Crippen LogP contribution in [0.5, 0.6) is 11.6 Å². The Kier molecular flexibility index (Phi) is 5.51. The first kappa shape index (κ1) is 16.9. The molecule has 1 aromatic rings. The minimum Gasteiger partial charge on any atom is -0.506 e. The van der Waals surface area contributed by atoms with Gasteiger partial charge in [0.15, 0.2) is 12.4 Å². The molecule has 0 saturated carbocycles. The smallest absolute Gasteiger partial charge is 0.214 e. The summed E-state index contributed by atoms with van der Waals surface area (Å²) in [5.41, 5.74) is -0.000386. The van der Waals surface area contributed by atoms with Crippen LogP contribution in [-0.2, 0) is 16.1 Å². The van der Waals surface area contributed by atoms with Crippen LogP contribution in [0.2, 0.25) is 0 Å². The maximum absolute atomic E-state index is 10.1. The van der Waals surface area contributed by atoms with Gasteiger partial charge in [0.1, 0.15) is 29.8 Å². The number of methoxy groups -OCH3 is 1. The lowest BCUT2D eigenvalue weighted by Gasteiger charge is -2.41. The number of aromatic nitrogens is 1. The fourth-order valence-electron chi connectivity index (χ4n) is 2.19. The zero-order chi connectivity index (χ0) is 16.3. The van der Waals surface area contributed by atoms with E-state index in [-0.39, 0.29) is 17.3 Å². The summed E-state index contributed by atoms with van der Waals surface area (Å²) in [5, 5.41) is 47.9. The molecule has 0 bridgehead atoms. The van der Waals surface area contributed by atoms with Gasteiger partial charge in [0, 0.05) is 13.2 Å². The van der Waals surface area contributed by atoms with Crippen LogP contribution in [0.1, 0.15) is 5.69 Å². The SMILES string of the molecule is CO[C@H]1O[C@H](CO)[C@@H](Oc2ccc(O)c(CO)n2)[C@H](O)[C@H]1O. The fraction of sp³-hybridized carbons (Fsp3) is 0.615. The van der Waals surface area contributed by atoms with E-state index in [0.717, 1.165) is 0 Å². The monoisotopic (exact) mass is 317 g/mol. The van der Waals surface area contributed by atoms with Crippen molar-refractivity contribution < 1.29 is 39.7 Å². The molecule has 22 heavy (non-hydrogen) atoms. The van der Waals surface area contributed by atoms with Crippen LogP contribution >= 0.6 is 0 Å². The van der Waals surface area contributed by atoms with Crippen LogP contribution in [0.25, 0.3) is 0 Å². The summed E-state index contributed by atoms with van der Waals surface area (Å²) >= 11 is 0. The Morgan fingerprint density at radius 3 is 2.55 bits per heavy atom. The second-order valence-electron chi connectivity index (χ2n) is 4.80. The molecule has 2 heterocycles. The van der Waals surface area contributed by atoms with Gasteiger partial charge in [-0.2, -0.15) is 0 Å². The van der Waals surface area contributed by atoms with Crippen LogP contribution in [-0.4, -0.2) is 74.9 Å². The van der Waals surface area contributed by atoms with Crippen LogP contribution in [0.4, 0.5) is 0 Å². The van der Waals surface area contributed by atoms with Crippen molar-refractivity contribution in [3.63, 3.8) is 0 Å². The third kappa shape index (κ3) is 3.29. The second kappa shape index (κ2) is 7.18. The van der Waals surface area contributed by atoms with E-state index in [1.807, 2.05) is 0 Å². The van der Waals surface area contributed by atoms with Gasteiger partial charge in [-0.05, 0) is 6.07 Å². The summed E-state index contributed by atoms with van der Waals surface area (Å²) < 4.78 is 15.6. The average molecular weight is 317 g/mol. The van der Waals surface area contributed by atoms with Gasteiger partial charge in [0.25, 0.3) is 0 Å². The van der Waals surface area contributed by atoms with Crippen molar-refractivity contribution in [2.75, 3.05) is 13.7 Å². The van der Waals surface area contributed by atoms with Gasteiger partial charge in [-0.25, -0.2) is 4.98 Å². The first-order valence-corrected chi connectivity index (χ1v) is 6.63. The van der Waals surface area contributed by atoms with Gasteiger partial charge in [0.05, 0.1) is 13.2 Å². The van der Waals surface area contributed by atoms with Crippen molar-refractivity contribution in [1.29, 1.82) is 0 Å². The van der Waals surface area contributed by atoms with E-state index in [1.54, 1.807) is 0 Å². The first-order valence-electron chi connectivity index (χ1n) is 6.63. The summed E-state index contributed by atoms with van der Waals surface area (Å²) in [6, 6.07) is 2.59. The lowest BCUT2D eigenvalue weighted by molar-refractivity contribution is -0.290. The summed E-state index contributed by atoms with van der Waals surface area (Å²) in [5.74, 6) is -0.204. The standard InChI is InChI=1S/C13H19NO8/c1-20-13-11(19)10(18)12(8(5-16)21-13)22-9-3-2-7(17)6(4-15)14-9/h2-3,8,10-13,15-19H,4-5H2,1H3/t8-,10-,11-,12-,13+/m1/s1. The Hall–Kier alpha value is -1.49. The van der Waals surface area contributed by atoms with E-state index in [0.29, 0.717) is 0 Å². The quantitative estimate of drug-likeness (QED) is 0.421. The summed E-state index contributed by atoms with van der Waals surface area (Å²) in [6.07, 6.45) is -5.89. The highest BCUT2D eigenvalue weighted by Crippen LogP contribution is 2.26. The molecule has 1 aromatic heterocycles. The Bertz CT molecular complexity index is 497. The summed E-state index contributed by atoms with van der Waals surface area (Å²) in [4.78, 5) is 3.87. The molecule has 1 fully saturated rings. The third-order valence-corrected chi connectivity index (χ3v) is 3.38. The molecular formula is C13H19NO8. The van der Waals surface area contributed by atoms with Crippen molar-refractivity contribution in [2.24, 2.45) is 0 Å². The summed E-state index contributed by atoms with van der Waals surface area (Å²) in [6.45, 7) is -0.968. The lowest BCUT2D eigenvalue weighted by atomic mass is 9.99. The number of aliphatic hydroxyl groups excluding tert-OH is 4. The molecule has 0 aliphatic carbocycles. The minimum absolute atomic E-state index is 0.000386. The van der Waals surface area contributed by atoms with Gasteiger partial charge in [-0.3, -0.25) is 0 Å². The number of rotatable bonds is 5. The topological polar surface area (TPSA) is 142 Å². The molecule has 0 amide bonds. The Labute approximate surface area is 126 Å². The van der Waals surface area contributed by atoms with E-state index in [9.17, 15) is 20.4 Å². The molecule has 1 aliphatic rings. The van der Waals surface area contributed by atoms with Crippen molar-refractivity contribution in [3.05, 3.63) is 17.8 Å². The lowest BCUT2D eigenvalue weighted by Crippen LogP contribution is -2.61. The highest BCUT2D eigenvalue weighted by molar-refractivity contribution is 5.29. The van der Waals surface area contributed by atoms with Gasteiger partial charge >= 0.3 is 0 Å². The molecule has 0 unspecified atom stereocenters. The van der Waals surface area contributed by atoms with E-state index in [4.69, 9.17) is 19.3 Å². The number of hydrogen-bond donors (Lipinski definition) is 5. The Morgan fingerprint density at radius 1 is 1.23 bits per heavy atom. The van der Waals surface area contributed by atoms with E-state index in [2.05, 4.69) is 4.98 Å². The molecule has 9 heteroatoms. The number of pyridine rings is 1. The largest absolute Gasteiger partial charge is 0.506 e. The average Bonchev–Trinajstić information content (AvgIpc) is 2.53. The number of aromatic hydroxyl groups is 1. The normalized spacial score (nSPS) is 32.0. The van der Waals surface area contributed by atoms with Crippen molar-refractivity contribution >= 4 is 0 Å². The molecule has 5 atom stereocenters. The van der Waals surface area contributed by atoms with Crippen LogP contribution in [0.3, 0.4) is 0 Å². The second-order valence-corrected chi connectivity index (χ2v) is 4.80. The van der Waals surface area contributed by atoms with E-state index >= 15 is 0 Å². The number of nitrogens with zero attached hydrogens (tertiary/aromatic N) is 1. The fourth-order valence-corrected chi connectivity index (χ4v) is 2.19.